The van der Waals surface area contributed by atoms with Crippen molar-refractivity contribution in [2.45, 2.75) is 6.92 Å². The first kappa shape index (κ1) is 7.43. The van der Waals surface area contributed by atoms with E-state index in [4.69, 9.17) is 18.0 Å². The second kappa shape index (κ2) is 2.51. The molecule has 0 aliphatic heterocycles. The summed E-state index contributed by atoms with van der Waals surface area (Å²) in [6.07, 6.45) is 0. The molecule has 0 saturated heterocycles. The number of carbonyl (C=O) groups excluding carboxylic acids is 1. The van der Waals surface area contributed by atoms with Gasteiger partial charge in [0, 0.05) is 6.92 Å². The zero-order chi connectivity index (χ0) is 7.72. The van der Waals surface area contributed by atoms with E-state index in [1.807, 2.05) is 0 Å². The molecule has 0 aliphatic carbocycles. The molecule has 1 heterocycles. The first-order valence-electron chi connectivity index (χ1n) is 2.61. The van der Waals surface area contributed by atoms with Gasteiger partial charge < -0.3 is 10.7 Å². The molecule has 0 unspecified atom stereocenters. The summed E-state index contributed by atoms with van der Waals surface area (Å²) in [7, 11) is 0. The van der Waals surface area contributed by atoms with Gasteiger partial charge in [0.05, 0.1) is 0 Å². The number of nitrogen functional groups attached to an aromatic ring is 1. The van der Waals surface area contributed by atoms with Crippen LogP contribution in [0, 0.1) is 3.95 Å². The predicted octanol–water partition coefficient (Wildman–Crippen LogP) is 1.59. The summed E-state index contributed by atoms with van der Waals surface area (Å²) in [5.41, 5.74) is 5.41. The van der Waals surface area contributed by atoms with Crippen LogP contribution in [0.4, 0.5) is 5.82 Å². The average molecular weight is 174 g/mol. The van der Waals surface area contributed by atoms with E-state index < -0.39 is 0 Å². The Labute approximate surface area is 66.9 Å². The molecule has 0 bridgehead atoms. The van der Waals surface area contributed by atoms with Crippen LogP contribution in [0.3, 0.4) is 0 Å². The Morgan fingerprint density at radius 1 is 1.80 bits per heavy atom. The summed E-state index contributed by atoms with van der Waals surface area (Å²) in [6, 6.07) is 0. The summed E-state index contributed by atoms with van der Waals surface area (Å²) in [5.74, 6) is 0.331. The van der Waals surface area contributed by atoms with Gasteiger partial charge in [-0.25, -0.2) is 0 Å². The molecule has 1 rings (SSSR count). The number of nitrogens with two attached hydrogens (primary N) is 1. The van der Waals surface area contributed by atoms with Crippen molar-refractivity contribution in [2.24, 2.45) is 0 Å². The van der Waals surface area contributed by atoms with Gasteiger partial charge in [0.2, 0.25) is 0 Å². The normalized spacial score (nSPS) is 9.70. The largest absolute Gasteiger partial charge is 0.384 e. The van der Waals surface area contributed by atoms with Gasteiger partial charge in [-0.2, -0.15) is 0 Å². The minimum absolute atomic E-state index is 0.0464. The van der Waals surface area contributed by atoms with Gasteiger partial charge in [0.25, 0.3) is 0 Å². The van der Waals surface area contributed by atoms with Gasteiger partial charge in [0.15, 0.2) is 9.74 Å². The van der Waals surface area contributed by atoms with Crippen molar-refractivity contribution in [3.8, 4) is 0 Å². The first-order valence-corrected chi connectivity index (χ1v) is 3.83. The van der Waals surface area contributed by atoms with Crippen molar-refractivity contribution >= 4 is 35.2 Å². The van der Waals surface area contributed by atoms with Crippen LogP contribution in [0.1, 0.15) is 16.6 Å². The number of anilines is 1. The van der Waals surface area contributed by atoms with Crippen LogP contribution < -0.4 is 5.73 Å². The Morgan fingerprint density at radius 2 is 2.40 bits per heavy atom. The van der Waals surface area contributed by atoms with Crippen LogP contribution in [-0.4, -0.2) is 10.8 Å². The minimum Gasteiger partial charge on any atom is -0.384 e. The van der Waals surface area contributed by atoms with Gasteiger partial charge in [-0.1, -0.05) is 11.3 Å². The third-order valence-corrected chi connectivity index (χ3v) is 2.35. The molecular weight excluding hydrogens is 168 g/mol. The number of carbonyl (C=O) groups is 1. The number of hydrogen-bond donors (Lipinski definition) is 2. The molecular formula is C5H6N2OS2. The first-order chi connectivity index (χ1) is 4.61. The molecule has 0 amide bonds. The lowest BCUT2D eigenvalue weighted by Crippen LogP contribution is -1.94. The number of aromatic amines is 1. The predicted molar refractivity (Wildman–Crippen MR) is 43.9 cm³/mol. The monoisotopic (exact) mass is 174 g/mol. The van der Waals surface area contributed by atoms with E-state index in [0.29, 0.717) is 14.6 Å². The Morgan fingerprint density at radius 3 is 2.60 bits per heavy atom. The lowest BCUT2D eigenvalue weighted by molar-refractivity contribution is 0.102. The zero-order valence-corrected chi connectivity index (χ0v) is 6.94. The average Bonchev–Trinajstić information content (AvgIpc) is 2.10. The fraction of sp³-hybridized carbons (Fsp3) is 0.200. The molecule has 0 saturated carbocycles. The maximum atomic E-state index is 10.7. The zero-order valence-electron chi connectivity index (χ0n) is 5.30. The standard InChI is InChI=1S/C5H6N2OS2/c1-2(8)3-4(6)7-5(9)10-3/h6H2,1H3,(H,7,9). The van der Waals surface area contributed by atoms with E-state index in [9.17, 15) is 4.79 Å². The highest BCUT2D eigenvalue weighted by molar-refractivity contribution is 7.73. The third-order valence-electron chi connectivity index (χ3n) is 0.996. The molecule has 0 aromatic carbocycles. The van der Waals surface area contributed by atoms with Crippen molar-refractivity contribution in [2.75, 3.05) is 5.73 Å². The lowest BCUT2D eigenvalue weighted by atomic mass is 10.4. The quantitative estimate of drug-likeness (QED) is 0.502. The molecule has 0 radical (unpaired) electrons. The fourth-order valence-electron chi connectivity index (χ4n) is 0.601. The molecule has 3 nitrogen and oxygen atoms in total. The number of H-pyrrole nitrogens is 1. The molecule has 0 fully saturated rings. The van der Waals surface area contributed by atoms with Crippen LogP contribution in [0.5, 0.6) is 0 Å². The van der Waals surface area contributed by atoms with Crippen LogP contribution in [0.2, 0.25) is 0 Å². The second-order valence-electron chi connectivity index (χ2n) is 1.81. The number of Topliss-reactive ketones (excluding diaryl/α,β-unsaturated/α-hetero) is 1. The highest BCUT2D eigenvalue weighted by atomic mass is 32.1. The third kappa shape index (κ3) is 1.25. The molecule has 0 spiro atoms. The molecule has 1 aromatic rings. The molecule has 3 N–H and O–H groups in total. The van der Waals surface area contributed by atoms with Crippen LogP contribution in [0.25, 0.3) is 0 Å². The van der Waals surface area contributed by atoms with Crippen molar-refractivity contribution < 1.29 is 4.79 Å². The number of rotatable bonds is 1. The van der Waals surface area contributed by atoms with Crippen molar-refractivity contribution in [1.29, 1.82) is 0 Å². The van der Waals surface area contributed by atoms with Crippen molar-refractivity contribution in [1.82, 2.24) is 4.98 Å². The maximum Gasteiger partial charge on any atom is 0.173 e. The van der Waals surface area contributed by atoms with Gasteiger partial charge in [-0.3, -0.25) is 4.79 Å². The van der Waals surface area contributed by atoms with Crippen molar-refractivity contribution in [3.05, 3.63) is 8.83 Å². The minimum atomic E-state index is -0.0464. The van der Waals surface area contributed by atoms with Crippen LogP contribution in [0.15, 0.2) is 0 Å². The fourth-order valence-corrected chi connectivity index (χ4v) is 1.61. The molecule has 10 heavy (non-hydrogen) atoms. The van der Waals surface area contributed by atoms with Crippen molar-refractivity contribution in [3.63, 3.8) is 0 Å². The summed E-state index contributed by atoms with van der Waals surface area (Å²) in [4.78, 5) is 13.9. The van der Waals surface area contributed by atoms with E-state index in [2.05, 4.69) is 4.98 Å². The maximum absolute atomic E-state index is 10.7. The molecule has 5 heteroatoms. The molecule has 54 valence electrons. The molecule has 0 atom stereocenters. The highest BCUT2D eigenvalue weighted by Crippen LogP contribution is 2.17. The van der Waals surface area contributed by atoms with Gasteiger partial charge in [-0.15, -0.1) is 0 Å². The molecule has 1 aromatic heterocycles. The number of thiazole rings is 1. The number of ketones is 1. The lowest BCUT2D eigenvalue weighted by Gasteiger charge is -1.86. The van der Waals surface area contributed by atoms with Gasteiger partial charge >= 0.3 is 0 Å². The van der Waals surface area contributed by atoms with Gasteiger partial charge in [-0.05, 0) is 12.2 Å². The smallest absolute Gasteiger partial charge is 0.173 e. The summed E-state index contributed by atoms with van der Waals surface area (Å²) >= 11 is 5.98. The number of hydrogen-bond acceptors (Lipinski definition) is 4. The highest BCUT2D eigenvalue weighted by Gasteiger charge is 2.06. The van der Waals surface area contributed by atoms with E-state index in [0.717, 1.165) is 0 Å². The summed E-state index contributed by atoms with van der Waals surface area (Å²) < 4.78 is 0.544. The Kier molecular flexibility index (Phi) is 1.87. The Hall–Kier alpha value is -0.680. The topological polar surface area (TPSA) is 58.9 Å². The van der Waals surface area contributed by atoms with E-state index in [-0.39, 0.29) is 5.78 Å². The number of nitrogens with one attached hydrogen (secondary N) is 1. The molecule has 0 aliphatic rings. The summed E-state index contributed by atoms with van der Waals surface area (Å²) in [6.45, 7) is 1.46. The Bertz CT molecular complexity index is 312. The van der Waals surface area contributed by atoms with Crippen LogP contribution in [-0.2, 0) is 0 Å². The van der Waals surface area contributed by atoms with Gasteiger partial charge in [0.1, 0.15) is 10.7 Å². The number of aromatic nitrogens is 1. The van der Waals surface area contributed by atoms with E-state index in [1.165, 1.54) is 18.3 Å². The summed E-state index contributed by atoms with van der Waals surface area (Å²) in [5, 5.41) is 0. The Balaban J connectivity index is 3.28. The second-order valence-corrected chi connectivity index (χ2v) is 3.50. The van der Waals surface area contributed by atoms with E-state index in [1.54, 1.807) is 0 Å². The SMILES string of the molecule is CC(=O)c1sc(=S)[nH]c1N. The van der Waals surface area contributed by atoms with Crippen LogP contribution >= 0.6 is 23.6 Å². The van der Waals surface area contributed by atoms with E-state index >= 15 is 0 Å².